The van der Waals surface area contributed by atoms with Gasteiger partial charge in [-0.3, -0.25) is 19.1 Å². The highest BCUT2D eigenvalue weighted by Crippen LogP contribution is 2.37. The maximum atomic E-state index is 15.4. The number of carbonyl (C=O) groups is 1. The lowest BCUT2D eigenvalue weighted by molar-refractivity contribution is 0.102. The number of ether oxygens (including phenoxy) is 1. The zero-order valence-electron chi connectivity index (χ0n) is 24.4. The van der Waals surface area contributed by atoms with Crippen LogP contribution in [0.4, 0.5) is 10.1 Å². The summed E-state index contributed by atoms with van der Waals surface area (Å²) in [5.74, 6) is -0.548. The molecule has 1 amide bonds. The number of nitrogens with zero attached hydrogens (tertiary/aromatic N) is 2. The molecule has 0 spiro atoms. The van der Waals surface area contributed by atoms with Gasteiger partial charge in [0, 0.05) is 55.9 Å². The number of methoxy groups -OCH3 is 1. The zero-order valence-corrected chi connectivity index (χ0v) is 24.4. The Morgan fingerprint density at radius 2 is 1.77 bits per heavy atom. The Bertz CT molecular complexity index is 1900. The van der Waals surface area contributed by atoms with Gasteiger partial charge in [0.25, 0.3) is 11.5 Å². The molecular weight excluding hydrogens is 549 g/mol. The number of aliphatic imine (C=N–C) groups is 1. The Balaban J connectivity index is 1.44. The minimum Gasteiger partial charge on any atom is -0.496 e. The molecule has 1 aliphatic heterocycles. The van der Waals surface area contributed by atoms with Gasteiger partial charge in [-0.05, 0) is 65.4 Å². The molecule has 10 heteroatoms. The van der Waals surface area contributed by atoms with Crippen molar-refractivity contribution in [2.45, 2.75) is 26.8 Å². The lowest BCUT2D eigenvalue weighted by atomic mass is 9.90. The van der Waals surface area contributed by atoms with Crippen LogP contribution in [0, 0.1) is 19.7 Å². The number of anilines is 1. The maximum Gasteiger partial charge on any atom is 0.328 e. The summed E-state index contributed by atoms with van der Waals surface area (Å²) in [6, 6.07) is 14.7. The number of halogens is 1. The molecule has 1 aliphatic rings. The van der Waals surface area contributed by atoms with Crippen molar-refractivity contribution in [3.05, 3.63) is 116 Å². The van der Waals surface area contributed by atoms with Crippen LogP contribution < -0.4 is 26.6 Å². The number of H-pyrrole nitrogens is 1. The van der Waals surface area contributed by atoms with Crippen LogP contribution in [-0.2, 0) is 13.6 Å². The molecule has 0 unspecified atom stereocenters. The van der Waals surface area contributed by atoms with E-state index < -0.39 is 17.2 Å². The zero-order chi connectivity index (χ0) is 30.7. The highest BCUT2D eigenvalue weighted by atomic mass is 19.1. The van der Waals surface area contributed by atoms with Gasteiger partial charge in [-0.25, -0.2) is 9.18 Å². The third kappa shape index (κ3) is 5.96. The number of aromatic amines is 1. The third-order valence-corrected chi connectivity index (χ3v) is 7.66. The summed E-state index contributed by atoms with van der Waals surface area (Å²) in [6.45, 7) is 4.71. The molecule has 9 nitrogen and oxygen atoms in total. The molecule has 0 saturated carbocycles. The molecule has 5 rings (SSSR count). The van der Waals surface area contributed by atoms with Crippen LogP contribution in [0.25, 0.3) is 22.3 Å². The smallest absolute Gasteiger partial charge is 0.328 e. The number of hydrogen-bond donors (Lipinski definition) is 3. The van der Waals surface area contributed by atoms with Crippen LogP contribution in [0.2, 0.25) is 0 Å². The predicted octanol–water partition coefficient (Wildman–Crippen LogP) is 4.87. The summed E-state index contributed by atoms with van der Waals surface area (Å²) >= 11 is 0. The molecule has 0 bridgehead atoms. The number of aromatic nitrogens is 2. The number of allylic oxidation sites excluding steroid dienone is 1. The van der Waals surface area contributed by atoms with Crippen LogP contribution >= 0.6 is 0 Å². The molecule has 0 atom stereocenters. The number of benzene rings is 3. The fourth-order valence-electron chi connectivity index (χ4n) is 5.19. The second kappa shape index (κ2) is 12.4. The van der Waals surface area contributed by atoms with E-state index >= 15 is 4.39 Å². The fraction of sp³-hybridized carbons (Fsp3) is 0.212. The normalized spacial score (nSPS) is 12.3. The van der Waals surface area contributed by atoms with Crippen molar-refractivity contribution >= 4 is 17.3 Å². The lowest BCUT2D eigenvalue weighted by Crippen LogP contribution is -2.37. The van der Waals surface area contributed by atoms with Gasteiger partial charge < -0.3 is 20.4 Å². The number of amides is 1. The van der Waals surface area contributed by atoms with Crippen molar-refractivity contribution in [1.29, 1.82) is 0 Å². The van der Waals surface area contributed by atoms with Crippen molar-refractivity contribution in [2.75, 3.05) is 19.0 Å². The summed E-state index contributed by atoms with van der Waals surface area (Å²) in [5, 5.41) is 6.05. The average Bonchev–Trinajstić information content (AvgIpc) is 3.51. The highest BCUT2D eigenvalue weighted by molar-refractivity contribution is 6.04. The van der Waals surface area contributed by atoms with E-state index in [0.29, 0.717) is 35.7 Å². The Kier molecular flexibility index (Phi) is 8.49. The summed E-state index contributed by atoms with van der Waals surface area (Å²) in [6.07, 6.45) is 5.67. The van der Waals surface area contributed by atoms with E-state index in [-0.39, 0.29) is 11.4 Å². The van der Waals surface area contributed by atoms with E-state index in [2.05, 4.69) is 20.6 Å². The van der Waals surface area contributed by atoms with Crippen molar-refractivity contribution < 1.29 is 13.9 Å². The largest absolute Gasteiger partial charge is 0.496 e. The molecule has 220 valence electrons. The molecule has 3 aromatic carbocycles. The molecule has 3 N–H and O–H groups in total. The van der Waals surface area contributed by atoms with Crippen molar-refractivity contribution in [2.24, 2.45) is 12.0 Å². The Morgan fingerprint density at radius 1 is 1.05 bits per heavy atom. The van der Waals surface area contributed by atoms with Crippen LogP contribution in [-0.4, -0.2) is 34.8 Å². The number of rotatable bonds is 9. The second-order valence-corrected chi connectivity index (χ2v) is 10.3. The maximum absolute atomic E-state index is 15.4. The van der Waals surface area contributed by atoms with Gasteiger partial charge in [0.1, 0.15) is 17.1 Å². The first kappa shape index (κ1) is 29.4. The van der Waals surface area contributed by atoms with Gasteiger partial charge in [-0.15, -0.1) is 0 Å². The Morgan fingerprint density at radius 3 is 2.49 bits per heavy atom. The fourth-order valence-corrected chi connectivity index (χ4v) is 5.19. The molecule has 0 fully saturated rings. The second-order valence-electron chi connectivity index (χ2n) is 10.3. The summed E-state index contributed by atoms with van der Waals surface area (Å²) < 4.78 is 21.9. The number of carbonyl (C=O) groups excluding carboxylic acids is 1. The van der Waals surface area contributed by atoms with Gasteiger partial charge >= 0.3 is 5.69 Å². The van der Waals surface area contributed by atoms with Gasteiger partial charge in [0.15, 0.2) is 0 Å². The number of nitrogens with one attached hydrogen (secondary N) is 3. The van der Waals surface area contributed by atoms with Crippen LogP contribution in [0.5, 0.6) is 5.75 Å². The summed E-state index contributed by atoms with van der Waals surface area (Å²) in [7, 11) is 2.83. The van der Waals surface area contributed by atoms with Crippen molar-refractivity contribution in [1.82, 2.24) is 14.9 Å². The van der Waals surface area contributed by atoms with Gasteiger partial charge in [-0.2, -0.15) is 0 Å². The topological polar surface area (TPSA) is 118 Å². The van der Waals surface area contributed by atoms with Crippen molar-refractivity contribution in [3.8, 4) is 28.0 Å². The quantitative estimate of drug-likeness (QED) is 0.261. The van der Waals surface area contributed by atoms with Crippen LogP contribution in [0.3, 0.4) is 0 Å². The Labute approximate surface area is 247 Å². The summed E-state index contributed by atoms with van der Waals surface area (Å²) in [5.41, 5.74) is 5.48. The SMILES string of the molecule is COc1cc(-c2cccc(-c3cccc(NC(=O)c4c[nH]c(=O)n(C)c4=O)c3C)c2C)cc(F)c1CNCC1=NC=CC1. The molecule has 0 saturated heterocycles. The van der Waals surface area contributed by atoms with Crippen molar-refractivity contribution in [3.63, 3.8) is 0 Å². The van der Waals surface area contributed by atoms with E-state index in [0.717, 1.165) is 50.7 Å². The minimum absolute atomic E-state index is 0.177. The van der Waals surface area contributed by atoms with Crippen LogP contribution in [0.15, 0.2) is 81.6 Å². The lowest BCUT2D eigenvalue weighted by Gasteiger charge is -2.18. The molecule has 1 aromatic heterocycles. The molecule has 4 aromatic rings. The minimum atomic E-state index is -0.691. The highest BCUT2D eigenvalue weighted by Gasteiger charge is 2.18. The van der Waals surface area contributed by atoms with E-state index in [1.807, 2.05) is 56.3 Å². The van der Waals surface area contributed by atoms with Gasteiger partial charge in [-0.1, -0.05) is 36.4 Å². The molecule has 43 heavy (non-hydrogen) atoms. The summed E-state index contributed by atoms with van der Waals surface area (Å²) in [4.78, 5) is 43.8. The first-order valence-electron chi connectivity index (χ1n) is 13.8. The molecule has 0 aliphatic carbocycles. The van der Waals surface area contributed by atoms with E-state index in [4.69, 9.17) is 4.74 Å². The first-order valence-corrected chi connectivity index (χ1v) is 13.8. The third-order valence-electron chi connectivity index (χ3n) is 7.66. The predicted molar refractivity (Wildman–Crippen MR) is 166 cm³/mol. The first-order chi connectivity index (χ1) is 20.7. The van der Waals surface area contributed by atoms with Gasteiger partial charge in [0.05, 0.1) is 7.11 Å². The van der Waals surface area contributed by atoms with Gasteiger partial charge in [0.2, 0.25) is 0 Å². The Hall–Kier alpha value is -5.09. The number of hydrogen-bond acceptors (Lipinski definition) is 6. The van der Waals surface area contributed by atoms with E-state index in [9.17, 15) is 14.4 Å². The average molecular weight is 582 g/mol. The standard InChI is InChI=1S/C33H32FN5O4/c1-19-23(21-14-28(34)26(30(15-21)43-4)17-35-16-22-8-7-13-36-22)9-5-10-24(19)25-11-6-12-29(20(25)2)38-31(40)27-18-37-33(42)39(3)32(27)41/h5-7,9-15,18,35H,8,16-17H2,1-4H3,(H,37,42)(H,38,40). The van der Waals surface area contributed by atoms with E-state index in [1.54, 1.807) is 12.3 Å². The molecule has 2 heterocycles. The molecular formula is C33H32FN5O4. The monoisotopic (exact) mass is 581 g/mol. The van der Waals surface area contributed by atoms with Crippen LogP contribution in [0.1, 0.15) is 33.5 Å². The molecule has 0 radical (unpaired) electrons. The van der Waals surface area contributed by atoms with E-state index in [1.165, 1.54) is 20.2 Å².